The van der Waals surface area contributed by atoms with E-state index in [1.54, 1.807) is 6.07 Å². The number of ether oxygens (including phenoxy) is 1. The van der Waals surface area contributed by atoms with Crippen molar-refractivity contribution in [1.29, 1.82) is 0 Å². The Bertz CT molecular complexity index is 794. The van der Waals surface area contributed by atoms with Crippen molar-refractivity contribution < 1.29 is 9.53 Å². The van der Waals surface area contributed by atoms with Gasteiger partial charge in [0.1, 0.15) is 11.9 Å². The molecule has 1 aliphatic heterocycles. The second-order valence-corrected chi connectivity index (χ2v) is 6.70. The molecule has 2 aromatic rings. The van der Waals surface area contributed by atoms with Crippen LogP contribution < -0.4 is 20.7 Å². The van der Waals surface area contributed by atoms with Gasteiger partial charge in [-0.3, -0.25) is 4.79 Å². The molecule has 1 heterocycles. The third-order valence-corrected chi connectivity index (χ3v) is 4.53. The molecule has 0 saturated carbocycles. The van der Waals surface area contributed by atoms with Crippen molar-refractivity contribution in [2.75, 3.05) is 29.0 Å². The van der Waals surface area contributed by atoms with Crippen LogP contribution in [0.15, 0.2) is 36.4 Å². The molecule has 0 spiro atoms. The van der Waals surface area contributed by atoms with E-state index in [0.717, 1.165) is 29.1 Å². The van der Waals surface area contributed by atoms with E-state index >= 15 is 0 Å². The van der Waals surface area contributed by atoms with Gasteiger partial charge in [0.2, 0.25) is 5.91 Å². The van der Waals surface area contributed by atoms with Crippen LogP contribution in [0.2, 0.25) is 5.02 Å². The number of fused-ring (bicyclic) bond motifs is 1. The number of hydrogen-bond acceptors (Lipinski definition) is 4. The minimum atomic E-state index is -0.0787. The summed E-state index contributed by atoms with van der Waals surface area (Å²) in [6, 6.07) is 10.9. The topological polar surface area (TPSA) is 67.6 Å². The molecule has 0 fully saturated rings. The van der Waals surface area contributed by atoms with E-state index in [-0.39, 0.29) is 18.6 Å². The maximum Gasteiger partial charge on any atom is 0.243 e. The molecule has 132 valence electrons. The van der Waals surface area contributed by atoms with Crippen LogP contribution in [0.1, 0.15) is 18.9 Å². The summed E-state index contributed by atoms with van der Waals surface area (Å²) in [6.07, 6.45) is 0.905. The average molecular weight is 360 g/mol. The Morgan fingerprint density at radius 3 is 2.88 bits per heavy atom. The first kappa shape index (κ1) is 17.4. The second-order valence-electron chi connectivity index (χ2n) is 6.26. The van der Waals surface area contributed by atoms with Crippen molar-refractivity contribution in [3.8, 4) is 5.75 Å². The van der Waals surface area contributed by atoms with Gasteiger partial charge in [0.05, 0.1) is 18.8 Å². The van der Waals surface area contributed by atoms with Gasteiger partial charge < -0.3 is 20.7 Å². The number of benzene rings is 2. The second kappa shape index (κ2) is 7.23. The fraction of sp³-hybridized carbons (Fsp3) is 0.316. The lowest BCUT2D eigenvalue weighted by molar-refractivity contribution is -0.115. The molecule has 1 amide bonds. The zero-order valence-corrected chi connectivity index (χ0v) is 15.1. The first-order chi connectivity index (χ1) is 12.0. The van der Waals surface area contributed by atoms with E-state index in [1.165, 1.54) is 0 Å². The van der Waals surface area contributed by atoms with Crippen LogP contribution in [-0.2, 0) is 4.79 Å². The zero-order valence-electron chi connectivity index (χ0n) is 14.4. The van der Waals surface area contributed by atoms with Crippen LogP contribution >= 0.6 is 11.6 Å². The van der Waals surface area contributed by atoms with E-state index in [2.05, 4.69) is 12.2 Å². The average Bonchev–Trinajstić information content (AvgIpc) is 2.56. The number of nitrogen functional groups attached to an aromatic ring is 1. The highest BCUT2D eigenvalue weighted by molar-refractivity contribution is 6.30. The van der Waals surface area contributed by atoms with Crippen molar-refractivity contribution in [3.63, 3.8) is 0 Å². The predicted molar refractivity (Wildman–Crippen MR) is 103 cm³/mol. The fourth-order valence-corrected chi connectivity index (χ4v) is 3.17. The lowest BCUT2D eigenvalue weighted by Gasteiger charge is -2.35. The highest BCUT2D eigenvalue weighted by Gasteiger charge is 2.26. The quantitative estimate of drug-likeness (QED) is 0.814. The predicted octanol–water partition coefficient (Wildman–Crippen LogP) is 3.85. The lowest BCUT2D eigenvalue weighted by Crippen LogP contribution is -2.43. The van der Waals surface area contributed by atoms with Gasteiger partial charge in [-0.05, 0) is 49.2 Å². The van der Waals surface area contributed by atoms with Gasteiger partial charge in [-0.2, -0.15) is 0 Å². The monoisotopic (exact) mass is 359 g/mol. The van der Waals surface area contributed by atoms with Crippen molar-refractivity contribution in [1.82, 2.24) is 0 Å². The number of anilines is 3. The standard InChI is InChI=1S/C19H22ClN3O2/c1-3-15-10-23(17-7-5-14(21)9-18(17)25-15)11-19(24)22-16-6-4-13(20)8-12(16)2/h4-9,15H,3,10-11,21H2,1-2H3,(H,22,24). The molecule has 2 aromatic carbocycles. The summed E-state index contributed by atoms with van der Waals surface area (Å²) >= 11 is 5.97. The molecule has 3 N–H and O–H groups in total. The molecule has 0 bridgehead atoms. The number of halogens is 1. The molecule has 25 heavy (non-hydrogen) atoms. The van der Waals surface area contributed by atoms with E-state index in [0.29, 0.717) is 17.3 Å². The Morgan fingerprint density at radius 2 is 2.16 bits per heavy atom. The highest BCUT2D eigenvalue weighted by Crippen LogP contribution is 2.35. The molecular formula is C19H22ClN3O2. The van der Waals surface area contributed by atoms with Crippen LogP contribution in [0, 0.1) is 6.92 Å². The maximum absolute atomic E-state index is 12.5. The van der Waals surface area contributed by atoms with E-state index in [4.69, 9.17) is 22.1 Å². The Balaban J connectivity index is 1.76. The van der Waals surface area contributed by atoms with E-state index in [9.17, 15) is 4.79 Å². The van der Waals surface area contributed by atoms with Gasteiger partial charge in [-0.1, -0.05) is 18.5 Å². The molecule has 6 heteroatoms. The summed E-state index contributed by atoms with van der Waals surface area (Å²) in [5.74, 6) is 0.651. The molecule has 0 radical (unpaired) electrons. The first-order valence-electron chi connectivity index (χ1n) is 8.33. The summed E-state index contributed by atoms with van der Waals surface area (Å²) < 4.78 is 5.96. The van der Waals surface area contributed by atoms with E-state index < -0.39 is 0 Å². The van der Waals surface area contributed by atoms with Crippen LogP contribution in [0.3, 0.4) is 0 Å². The minimum Gasteiger partial charge on any atom is -0.486 e. The fourth-order valence-electron chi connectivity index (χ4n) is 2.94. The largest absolute Gasteiger partial charge is 0.486 e. The Morgan fingerprint density at radius 1 is 1.36 bits per heavy atom. The molecule has 0 aliphatic carbocycles. The first-order valence-corrected chi connectivity index (χ1v) is 8.71. The van der Waals surface area contributed by atoms with Crippen molar-refractivity contribution in [2.24, 2.45) is 0 Å². The highest BCUT2D eigenvalue weighted by atomic mass is 35.5. The molecule has 5 nitrogen and oxygen atoms in total. The van der Waals surface area contributed by atoms with Crippen molar-refractivity contribution in [2.45, 2.75) is 26.4 Å². The molecular weight excluding hydrogens is 338 g/mol. The summed E-state index contributed by atoms with van der Waals surface area (Å²) in [6.45, 7) is 4.90. The summed E-state index contributed by atoms with van der Waals surface area (Å²) in [4.78, 5) is 14.6. The van der Waals surface area contributed by atoms with E-state index in [1.807, 2.05) is 42.2 Å². The van der Waals surface area contributed by atoms with Crippen LogP contribution in [0.25, 0.3) is 0 Å². The van der Waals surface area contributed by atoms with Gasteiger partial charge in [0, 0.05) is 22.5 Å². The maximum atomic E-state index is 12.5. The minimum absolute atomic E-state index is 0.0411. The van der Waals surface area contributed by atoms with Crippen LogP contribution in [-0.4, -0.2) is 25.1 Å². The summed E-state index contributed by atoms with van der Waals surface area (Å²) in [7, 11) is 0. The number of rotatable bonds is 4. The van der Waals surface area contributed by atoms with Gasteiger partial charge in [0.15, 0.2) is 0 Å². The number of carbonyl (C=O) groups is 1. The molecule has 1 atom stereocenters. The number of nitrogens with one attached hydrogen (secondary N) is 1. The van der Waals surface area contributed by atoms with Crippen LogP contribution in [0.5, 0.6) is 5.75 Å². The molecule has 1 aliphatic rings. The Kier molecular flexibility index (Phi) is 5.04. The summed E-state index contributed by atoms with van der Waals surface area (Å²) in [5.41, 5.74) is 9.10. The molecule has 0 aromatic heterocycles. The SMILES string of the molecule is CCC1CN(CC(=O)Nc2ccc(Cl)cc2C)c2ccc(N)cc2O1. The number of carbonyl (C=O) groups excluding carboxylic acids is 1. The normalized spacial score (nSPS) is 16.1. The van der Waals surface area contributed by atoms with Gasteiger partial charge in [-0.15, -0.1) is 0 Å². The zero-order chi connectivity index (χ0) is 18.0. The van der Waals surface area contributed by atoms with Crippen LogP contribution in [0.4, 0.5) is 17.1 Å². The summed E-state index contributed by atoms with van der Waals surface area (Å²) in [5, 5.41) is 3.61. The van der Waals surface area contributed by atoms with Gasteiger partial charge in [0.25, 0.3) is 0 Å². The number of amides is 1. The number of nitrogens with two attached hydrogens (primary N) is 1. The lowest BCUT2D eigenvalue weighted by atomic mass is 10.1. The van der Waals surface area contributed by atoms with Gasteiger partial charge >= 0.3 is 0 Å². The van der Waals surface area contributed by atoms with Crippen molar-refractivity contribution >= 4 is 34.6 Å². The van der Waals surface area contributed by atoms with Crippen molar-refractivity contribution in [3.05, 3.63) is 47.0 Å². The third kappa shape index (κ3) is 3.99. The smallest absolute Gasteiger partial charge is 0.243 e. The third-order valence-electron chi connectivity index (χ3n) is 4.29. The molecule has 0 saturated heterocycles. The molecule has 3 rings (SSSR count). The number of hydrogen-bond donors (Lipinski definition) is 2. The molecule has 1 unspecified atom stereocenters. The Hall–Kier alpha value is -2.40. The number of aryl methyl sites for hydroxylation is 1. The van der Waals surface area contributed by atoms with Gasteiger partial charge in [-0.25, -0.2) is 0 Å². The Labute approximate surface area is 152 Å². The number of nitrogens with zero attached hydrogens (tertiary/aromatic N) is 1.